The average molecular weight is 466 g/mol. The molecule has 12 heteroatoms. The van der Waals surface area contributed by atoms with E-state index in [-0.39, 0.29) is 36.6 Å². The van der Waals surface area contributed by atoms with Crippen molar-refractivity contribution in [3.05, 3.63) is 76.3 Å². The van der Waals surface area contributed by atoms with Crippen LogP contribution in [0.2, 0.25) is 0 Å². The van der Waals surface area contributed by atoms with Crippen LogP contribution < -0.4 is 5.56 Å². The molecule has 0 bridgehead atoms. The molecule has 4 rings (SSSR count). The van der Waals surface area contributed by atoms with E-state index in [1.165, 1.54) is 21.7 Å². The second-order valence-corrected chi connectivity index (χ2v) is 9.06. The Bertz CT molecular complexity index is 1330. The zero-order valence-corrected chi connectivity index (χ0v) is 17.3. The predicted molar refractivity (Wildman–Crippen MR) is 108 cm³/mol. The van der Waals surface area contributed by atoms with Gasteiger partial charge in [-0.15, -0.1) is 0 Å². The fraction of sp³-hybridized carbons (Fsp3) is 0.250. The number of halogens is 3. The second kappa shape index (κ2) is 8.02. The van der Waals surface area contributed by atoms with E-state index < -0.39 is 33.2 Å². The Balaban J connectivity index is 1.48. The number of aromatic nitrogens is 2. The van der Waals surface area contributed by atoms with Gasteiger partial charge in [-0.1, -0.05) is 6.07 Å². The lowest BCUT2D eigenvalue weighted by Crippen LogP contribution is -2.51. The van der Waals surface area contributed by atoms with Crippen LogP contribution in [0.4, 0.5) is 13.2 Å². The number of carbonyl (C=O) groups excluding carboxylic acids is 1. The van der Waals surface area contributed by atoms with Gasteiger partial charge in [0, 0.05) is 38.6 Å². The minimum absolute atomic E-state index is 0.0234. The van der Waals surface area contributed by atoms with Crippen molar-refractivity contribution in [1.82, 2.24) is 18.6 Å². The molecule has 3 aromatic rings. The molecule has 0 unspecified atom stereocenters. The molecular weight excluding hydrogens is 449 g/mol. The Morgan fingerprint density at radius 2 is 1.62 bits per heavy atom. The van der Waals surface area contributed by atoms with E-state index in [1.54, 1.807) is 18.2 Å². The molecule has 1 fully saturated rings. The summed E-state index contributed by atoms with van der Waals surface area (Å²) in [7, 11) is -4.03. The van der Waals surface area contributed by atoms with Crippen molar-refractivity contribution in [3.63, 3.8) is 0 Å². The first-order valence-electron chi connectivity index (χ1n) is 9.52. The number of hydrogen-bond acceptors (Lipinski definition) is 5. The fourth-order valence-corrected chi connectivity index (χ4v) is 4.86. The summed E-state index contributed by atoms with van der Waals surface area (Å²) in [5.41, 5.74) is -1.21. The van der Waals surface area contributed by atoms with Crippen molar-refractivity contribution in [2.24, 2.45) is 0 Å². The van der Waals surface area contributed by atoms with Crippen molar-refractivity contribution >= 4 is 21.6 Å². The molecule has 0 aliphatic carbocycles. The molecule has 0 atom stereocenters. The van der Waals surface area contributed by atoms with Gasteiger partial charge in [0.2, 0.25) is 10.0 Å². The maximum absolute atomic E-state index is 12.8. The largest absolute Gasteiger partial charge is 0.416 e. The number of carbonyl (C=O) groups is 1. The van der Waals surface area contributed by atoms with E-state index in [2.05, 4.69) is 4.98 Å². The van der Waals surface area contributed by atoms with Gasteiger partial charge >= 0.3 is 6.18 Å². The molecular formula is C20H17F3N4O4S. The Labute approximate surface area is 180 Å². The van der Waals surface area contributed by atoms with Gasteiger partial charge in [-0.2, -0.15) is 17.5 Å². The van der Waals surface area contributed by atoms with Gasteiger partial charge in [0.05, 0.1) is 10.5 Å². The minimum Gasteiger partial charge on any atom is -0.336 e. The highest BCUT2D eigenvalue weighted by Crippen LogP contribution is 2.30. The monoisotopic (exact) mass is 466 g/mol. The summed E-state index contributed by atoms with van der Waals surface area (Å²) in [5, 5.41) is 0. The quantitative estimate of drug-likeness (QED) is 0.588. The van der Waals surface area contributed by atoms with E-state index in [1.807, 2.05) is 0 Å². The van der Waals surface area contributed by atoms with Crippen LogP contribution in [0.15, 0.2) is 64.5 Å². The van der Waals surface area contributed by atoms with Crippen LogP contribution in [0.1, 0.15) is 15.9 Å². The second-order valence-electron chi connectivity index (χ2n) is 7.12. The molecule has 0 N–H and O–H groups in total. The summed E-state index contributed by atoms with van der Waals surface area (Å²) in [6.45, 7) is -0.0693. The van der Waals surface area contributed by atoms with Crippen molar-refractivity contribution in [1.29, 1.82) is 0 Å². The highest BCUT2D eigenvalue weighted by atomic mass is 32.2. The van der Waals surface area contributed by atoms with Crippen LogP contribution in [-0.2, 0) is 16.2 Å². The number of hydrogen-bond donors (Lipinski definition) is 0. The molecule has 1 aliphatic rings. The minimum atomic E-state index is -4.56. The first-order chi connectivity index (χ1) is 15.1. The lowest BCUT2D eigenvalue weighted by Gasteiger charge is -2.33. The van der Waals surface area contributed by atoms with Gasteiger partial charge in [-0.3, -0.25) is 14.0 Å². The molecule has 8 nitrogen and oxygen atoms in total. The van der Waals surface area contributed by atoms with Gasteiger partial charge in [-0.05, 0) is 36.4 Å². The molecule has 168 valence electrons. The van der Waals surface area contributed by atoms with E-state index >= 15 is 0 Å². The number of rotatable bonds is 3. The van der Waals surface area contributed by atoms with Crippen LogP contribution in [0, 0.1) is 0 Å². The van der Waals surface area contributed by atoms with Gasteiger partial charge in [0.1, 0.15) is 11.2 Å². The van der Waals surface area contributed by atoms with E-state index in [0.29, 0.717) is 17.8 Å². The molecule has 0 radical (unpaired) electrons. The van der Waals surface area contributed by atoms with E-state index in [4.69, 9.17) is 0 Å². The number of nitrogens with zero attached hydrogens (tertiary/aromatic N) is 4. The maximum atomic E-state index is 12.8. The zero-order chi connectivity index (χ0) is 23.1. The third kappa shape index (κ3) is 3.98. The number of sulfonamides is 1. The molecule has 32 heavy (non-hydrogen) atoms. The van der Waals surface area contributed by atoms with Crippen LogP contribution in [-0.4, -0.2) is 59.1 Å². The summed E-state index contributed by atoms with van der Waals surface area (Å²) in [6, 6.07) is 8.23. The first-order valence-corrected chi connectivity index (χ1v) is 11.0. The molecule has 0 saturated carbocycles. The molecule has 2 aromatic heterocycles. The molecule has 1 aliphatic heterocycles. The predicted octanol–water partition coefficient (Wildman–Crippen LogP) is 1.86. The van der Waals surface area contributed by atoms with Gasteiger partial charge < -0.3 is 4.90 Å². The lowest BCUT2D eigenvalue weighted by atomic mass is 10.2. The van der Waals surface area contributed by atoms with Gasteiger partial charge in [0.25, 0.3) is 11.5 Å². The van der Waals surface area contributed by atoms with Crippen molar-refractivity contribution in [2.75, 3.05) is 26.2 Å². The summed E-state index contributed by atoms with van der Waals surface area (Å²) in [5.74, 6) is -0.563. The van der Waals surface area contributed by atoms with Crippen molar-refractivity contribution in [2.45, 2.75) is 11.1 Å². The third-order valence-corrected chi connectivity index (χ3v) is 7.10. The smallest absolute Gasteiger partial charge is 0.336 e. The summed E-state index contributed by atoms with van der Waals surface area (Å²) in [6.07, 6.45) is -1.87. The molecule has 0 spiro atoms. The molecule has 3 heterocycles. The highest BCUT2D eigenvalue weighted by Gasteiger charge is 2.33. The van der Waals surface area contributed by atoms with Crippen molar-refractivity contribution < 1.29 is 26.4 Å². The van der Waals surface area contributed by atoms with E-state index in [9.17, 15) is 31.2 Å². The number of amides is 1. The first kappa shape index (κ1) is 22.0. The molecule has 1 amide bonds. The maximum Gasteiger partial charge on any atom is 0.416 e. The van der Waals surface area contributed by atoms with Crippen molar-refractivity contribution in [3.8, 4) is 0 Å². The Hall–Kier alpha value is -3.25. The highest BCUT2D eigenvalue weighted by molar-refractivity contribution is 7.89. The fourth-order valence-electron chi connectivity index (χ4n) is 3.44. The topological polar surface area (TPSA) is 92.1 Å². The lowest BCUT2D eigenvalue weighted by molar-refractivity contribution is -0.137. The average Bonchev–Trinajstić information content (AvgIpc) is 2.79. The number of pyridine rings is 1. The van der Waals surface area contributed by atoms with Crippen LogP contribution >= 0.6 is 0 Å². The normalized spacial score (nSPS) is 15.8. The Morgan fingerprint density at radius 3 is 2.25 bits per heavy atom. The SMILES string of the molecule is O=C(c1cnc2ccccn2c1=O)N1CCN(S(=O)(=O)c2ccc(C(F)(F)F)cc2)CC1. The molecule has 1 aromatic carbocycles. The number of fused-ring (bicyclic) bond motifs is 1. The van der Waals surface area contributed by atoms with Gasteiger partial charge in [-0.25, -0.2) is 13.4 Å². The van der Waals surface area contributed by atoms with Gasteiger partial charge in [0.15, 0.2) is 0 Å². The number of alkyl halides is 3. The Morgan fingerprint density at radius 1 is 0.969 bits per heavy atom. The number of benzene rings is 1. The third-order valence-electron chi connectivity index (χ3n) is 5.19. The Kier molecular flexibility index (Phi) is 5.51. The summed E-state index contributed by atoms with van der Waals surface area (Å²) < 4.78 is 66.1. The summed E-state index contributed by atoms with van der Waals surface area (Å²) in [4.78, 5) is 30.6. The van der Waals surface area contributed by atoms with E-state index in [0.717, 1.165) is 16.4 Å². The molecule has 1 saturated heterocycles. The summed E-state index contributed by atoms with van der Waals surface area (Å²) >= 11 is 0. The van der Waals surface area contributed by atoms with Crippen LogP contribution in [0.5, 0.6) is 0 Å². The van der Waals surface area contributed by atoms with Crippen LogP contribution in [0.3, 0.4) is 0 Å². The standard InChI is InChI=1S/C20H17F3N4O4S/c21-20(22,23)14-4-6-15(7-5-14)32(30,31)26-11-9-25(10-12-26)18(28)16-13-24-17-3-1-2-8-27(17)19(16)29/h1-8,13H,9-12H2. The zero-order valence-electron chi connectivity index (χ0n) is 16.5. The number of piperazine rings is 1. The van der Waals surface area contributed by atoms with Crippen LogP contribution in [0.25, 0.3) is 5.65 Å².